The van der Waals surface area contributed by atoms with E-state index in [0.29, 0.717) is 18.2 Å². The van der Waals surface area contributed by atoms with Gasteiger partial charge in [-0.3, -0.25) is 9.97 Å². The van der Waals surface area contributed by atoms with E-state index in [9.17, 15) is 0 Å². The minimum absolute atomic E-state index is 0.475. The summed E-state index contributed by atoms with van der Waals surface area (Å²) in [5.41, 5.74) is 15.0. The van der Waals surface area contributed by atoms with Crippen LogP contribution in [-0.4, -0.2) is 19.9 Å². The molecule has 0 spiro atoms. The highest BCUT2D eigenvalue weighted by Crippen LogP contribution is 2.33. The number of anilines is 3. The van der Waals surface area contributed by atoms with Gasteiger partial charge in [-0.05, 0) is 72.7 Å². The largest absolute Gasteiger partial charge is 0.383 e. The molecule has 4 heterocycles. The van der Waals surface area contributed by atoms with Gasteiger partial charge in [0.05, 0.1) is 11.9 Å². The Kier molecular flexibility index (Phi) is 8.70. The molecule has 0 radical (unpaired) electrons. The number of hydrogen-bond acceptors (Lipinski definition) is 7. The molecule has 0 saturated heterocycles. The van der Waals surface area contributed by atoms with Crippen molar-refractivity contribution in [2.75, 3.05) is 16.4 Å². The molecule has 4 aromatic rings. The van der Waals surface area contributed by atoms with Gasteiger partial charge in [0.2, 0.25) is 0 Å². The number of terminal acetylenes is 1. The smallest absolute Gasteiger partial charge is 0.133 e. The van der Waals surface area contributed by atoms with Gasteiger partial charge in [-0.15, -0.1) is 12.8 Å². The Balaban J connectivity index is 0.00000172. The predicted molar refractivity (Wildman–Crippen MR) is 161 cm³/mol. The van der Waals surface area contributed by atoms with Crippen molar-refractivity contribution in [2.24, 2.45) is 5.92 Å². The molecule has 0 amide bonds. The van der Waals surface area contributed by atoms with Gasteiger partial charge in [-0.1, -0.05) is 19.6 Å². The Bertz CT molecular complexity index is 1490. The monoisotopic (exact) mass is 515 g/mol. The van der Waals surface area contributed by atoms with E-state index in [1.54, 1.807) is 24.8 Å². The maximum atomic E-state index is 6.25. The van der Waals surface area contributed by atoms with Crippen LogP contribution in [-0.2, 0) is 6.42 Å². The first-order chi connectivity index (χ1) is 19.0. The summed E-state index contributed by atoms with van der Waals surface area (Å²) in [7, 11) is 0. The number of allylic oxidation sites excluding steroid dienone is 2. The summed E-state index contributed by atoms with van der Waals surface area (Å²) >= 11 is 0. The highest BCUT2D eigenvalue weighted by Gasteiger charge is 2.20. The van der Waals surface area contributed by atoms with Gasteiger partial charge in [-0.2, -0.15) is 0 Å². The zero-order valence-corrected chi connectivity index (χ0v) is 22.2. The SMILES string of the molecule is C#C.C=C(Cc1cc(-c2cncc(NC(=C)C3CCC3)c2)cnc1N)Nc1nccc(-c2ccncc2)c1C. The number of nitrogens with one attached hydrogen (secondary N) is 2. The third-order valence-corrected chi connectivity index (χ3v) is 6.87. The lowest BCUT2D eigenvalue weighted by atomic mass is 9.83. The van der Waals surface area contributed by atoms with Crippen molar-refractivity contribution in [3.63, 3.8) is 0 Å². The van der Waals surface area contributed by atoms with Crippen molar-refractivity contribution in [3.05, 3.63) is 103 Å². The fraction of sp³-hybridized carbons (Fsp3) is 0.188. The zero-order chi connectivity index (χ0) is 27.8. The van der Waals surface area contributed by atoms with E-state index >= 15 is 0 Å². The van der Waals surface area contributed by atoms with Crippen molar-refractivity contribution >= 4 is 17.3 Å². The molecule has 1 aliphatic carbocycles. The van der Waals surface area contributed by atoms with Crippen LogP contribution in [0.4, 0.5) is 17.3 Å². The molecule has 7 heteroatoms. The van der Waals surface area contributed by atoms with Crippen LogP contribution >= 0.6 is 0 Å². The second-order valence-electron chi connectivity index (χ2n) is 9.48. The lowest BCUT2D eigenvalue weighted by Crippen LogP contribution is -2.18. The number of aromatic nitrogens is 4. The third kappa shape index (κ3) is 6.49. The molecule has 39 heavy (non-hydrogen) atoms. The normalized spacial score (nSPS) is 12.4. The van der Waals surface area contributed by atoms with Crippen molar-refractivity contribution in [2.45, 2.75) is 32.6 Å². The Morgan fingerprint density at radius 1 is 0.923 bits per heavy atom. The standard InChI is InChI=1S/C30H31N7.C2H2/c1-19(36-30-20(2)28(9-12-34-30)23-7-10-32-11-8-23)13-24-14-25(17-35-29(24)31)26-15-27(18-33-16-26)37-21(3)22-5-4-6-22;1-2/h7-12,14-18,22,37H,1,3-6,13H2,2H3,(H2,31,35)(H,34,36);1-2H. The topological polar surface area (TPSA) is 102 Å². The predicted octanol–water partition coefficient (Wildman–Crippen LogP) is 6.63. The van der Waals surface area contributed by atoms with Crippen LogP contribution in [0.1, 0.15) is 30.4 Å². The first kappa shape index (κ1) is 27.1. The summed E-state index contributed by atoms with van der Waals surface area (Å²) in [4.78, 5) is 17.5. The molecule has 1 aliphatic rings. The highest BCUT2D eigenvalue weighted by atomic mass is 15.0. The Morgan fingerprint density at radius 3 is 2.38 bits per heavy atom. The number of rotatable bonds is 9. The van der Waals surface area contributed by atoms with Crippen LogP contribution in [0.3, 0.4) is 0 Å². The molecule has 0 bridgehead atoms. The Hall–Kier alpha value is -4.96. The zero-order valence-electron chi connectivity index (χ0n) is 22.2. The van der Waals surface area contributed by atoms with Crippen LogP contribution in [0.5, 0.6) is 0 Å². The second kappa shape index (κ2) is 12.5. The van der Waals surface area contributed by atoms with Gasteiger partial charge >= 0.3 is 0 Å². The number of nitrogen functional groups attached to an aromatic ring is 1. The molecule has 0 atom stereocenters. The molecule has 7 nitrogen and oxygen atoms in total. The van der Waals surface area contributed by atoms with Crippen LogP contribution in [0, 0.1) is 25.7 Å². The van der Waals surface area contributed by atoms with Gasteiger partial charge in [0.15, 0.2) is 0 Å². The quantitative estimate of drug-likeness (QED) is 0.215. The molecule has 0 aliphatic heterocycles. The fourth-order valence-electron chi connectivity index (χ4n) is 4.48. The summed E-state index contributed by atoms with van der Waals surface area (Å²) in [5.74, 6) is 1.79. The van der Waals surface area contributed by atoms with E-state index in [4.69, 9.17) is 5.73 Å². The number of pyridine rings is 4. The van der Waals surface area contributed by atoms with Crippen molar-refractivity contribution in [1.82, 2.24) is 19.9 Å². The molecule has 4 aromatic heterocycles. The molecule has 4 N–H and O–H groups in total. The molecule has 196 valence electrons. The number of nitrogens with zero attached hydrogens (tertiary/aromatic N) is 4. The Morgan fingerprint density at radius 2 is 1.67 bits per heavy atom. The highest BCUT2D eigenvalue weighted by molar-refractivity contribution is 5.72. The number of hydrogen-bond donors (Lipinski definition) is 3. The van der Waals surface area contributed by atoms with E-state index in [2.05, 4.69) is 62.6 Å². The van der Waals surface area contributed by atoms with Gasteiger partial charge in [0.1, 0.15) is 11.6 Å². The fourth-order valence-corrected chi connectivity index (χ4v) is 4.48. The molecule has 1 saturated carbocycles. The van der Waals surface area contributed by atoms with Crippen LogP contribution < -0.4 is 16.4 Å². The molecule has 0 aromatic carbocycles. The van der Waals surface area contributed by atoms with Crippen LogP contribution in [0.25, 0.3) is 22.3 Å². The maximum absolute atomic E-state index is 6.25. The third-order valence-electron chi connectivity index (χ3n) is 6.87. The summed E-state index contributed by atoms with van der Waals surface area (Å²) in [5, 5.41) is 6.80. The van der Waals surface area contributed by atoms with E-state index in [-0.39, 0.29) is 0 Å². The second-order valence-corrected chi connectivity index (χ2v) is 9.48. The molecular weight excluding hydrogens is 482 g/mol. The summed E-state index contributed by atoms with van der Waals surface area (Å²) in [6, 6.07) is 10.1. The van der Waals surface area contributed by atoms with E-state index < -0.39 is 0 Å². The molecule has 1 fully saturated rings. The van der Waals surface area contributed by atoms with E-state index in [1.807, 2.05) is 43.6 Å². The van der Waals surface area contributed by atoms with Crippen LogP contribution in [0.2, 0.25) is 0 Å². The summed E-state index contributed by atoms with van der Waals surface area (Å²) < 4.78 is 0. The van der Waals surface area contributed by atoms with Crippen molar-refractivity contribution in [1.29, 1.82) is 0 Å². The van der Waals surface area contributed by atoms with E-state index in [1.165, 1.54) is 19.3 Å². The minimum Gasteiger partial charge on any atom is -0.383 e. The van der Waals surface area contributed by atoms with Crippen LogP contribution in [0.15, 0.2) is 92.1 Å². The van der Waals surface area contributed by atoms with Gasteiger partial charge < -0.3 is 16.4 Å². The van der Waals surface area contributed by atoms with Gasteiger partial charge in [-0.25, -0.2) is 9.97 Å². The lowest BCUT2D eigenvalue weighted by Gasteiger charge is -2.28. The van der Waals surface area contributed by atoms with Gasteiger partial charge in [0.25, 0.3) is 0 Å². The van der Waals surface area contributed by atoms with Crippen molar-refractivity contribution < 1.29 is 0 Å². The molecule has 5 rings (SSSR count). The average Bonchev–Trinajstić information content (AvgIpc) is 2.92. The first-order valence-corrected chi connectivity index (χ1v) is 12.8. The molecular formula is C32H33N7. The molecule has 0 unspecified atom stereocenters. The van der Waals surface area contributed by atoms with Gasteiger partial charge in [0, 0.05) is 65.5 Å². The maximum Gasteiger partial charge on any atom is 0.133 e. The first-order valence-electron chi connectivity index (χ1n) is 12.8. The number of nitrogens with two attached hydrogens (primary N) is 1. The Labute approximate surface area is 230 Å². The summed E-state index contributed by atoms with van der Waals surface area (Å²) in [6.07, 6.45) is 23.0. The summed E-state index contributed by atoms with van der Waals surface area (Å²) in [6.45, 7) is 10.5. The average molecular weight is 516 g/mol. The lowest BCUT2D eigenvalue weighted by molar-refractivity contribution is 0.371. The van der Waals surface area contributed by atoms with Crippen molar-refractivity contribution in [3.8, 4) is 35.1 Å². The minimum atomic E-state index is 0.475. The van der Waals surface area contributed by atoms with E-state index in [0.717, 1.165) is 56.3 Å².